The Hall–Kier alpha value is -7.11. The molecule has 1 aliphatic heterocycles. The summed E-state index contributed by atoms with van der Waals surface area (Å²) in [5.74, 6) is 3.30. The van der Waals surface area contributed by atoms with Gasteiger partial charge >= 0.3 is 0 Å². The smallest absolute Gasteiger partial charge is 0.152 e. The van der Waals surface area contributed by atoms with E-state index in [-0.39, 0.29) is 0 Å². The number of benzene rings is 7. The Morgan fingerprint density at radius 1 is 0.462 bits per heavy atom. The summed E-state index contributed by atoms with van der Waals surface area (Å²) in [5, 5.41) is 2.40. The number of hydrogen-bond acceptors (Lipinski definition) is 4. The number of ether oxygens (including phenoxy) is 2. The number of rotatable bonds is 7. The topological polar surface area (TPSA) is 39.5 Å². The third kappa shape index (κ3) is 5.07. The minimum atomic E-state index is 0.780. The van der Waals surface area contributed by atoms with Crippen molar-refractivity contribution in [2.75, 3.05) is 4.90 Å². The molecule has 5 heteroatoms. The Balaban J connectivity index is 1.06. The third-order valence-electron chi connectivity index (χ3n) is 9.75. The fourth-order valence-electron chi connectivity index (χ4n) is 7.36. The Morgan fingerprint density at radius 3 is 1.79 bits per heavy atom. The predicted molar refractivity (Wildman–Crippen MR) is 211 cm³/mol. The fourth-order valence-corrected chi connectivity index (χ4v) is 7.36. The van der Waals surface area contributed by atoms with E-state index in [1.807, 2.05) is 67.0 Å². The summed E-state index contributed by atoms with van der Waals surface area (Å²) < 4.78 is 15.1. The maximum atomic E-state index is 6.56. The van der Waals surface area contributed by atoms with Crippen molar-refractivity contribution in [1.29, 1.82) is 0 Å². The number of para-hydroxylation sites is 4. The molecular formula is C47H31N3O2. The van der Waals surface area contributed by atoms with Gasteiger partial charge in [0.1, 0.15) is 11.5 Å². The molecule has 0 fully saturated rings. The maximum absolute atomic E-state index is 6.56. The first-order valence-corrected chi connectivity index (χ1v) is 17.4. The normalized spacial score (nSPS) is 11.6. The Morgan fingerprint density at radius 2 is 1.04 bits per heavy atom. The van der Waals surface area contributed by atoms with E-state index in [2.05, 4.69) is 136 Å². The van der Waals surface area contributed by atoms with Gasteiger partial charge in [0.25, 0.3) is 0 Å². The summed E-state index contributed by atoms with van der Waals surface area (Å²) in [7, 11) is 0. The van der Waals surface area contributed by atoms with Gasteiger partial charge in [-0.05, 0) is 108 Å². The van der Waals surface area contributed by atoms with Crippen molar-refractivity contribution in [2.45, 2.75) is 0 Å². The van der Waals surface area contributed by atoms with Crippen molar-refractivity contribution in [3.05, 3.63) is 188 Å². The first-order valence-electron chi connectivity index (χ1n) is 17.4. The molecule has 2 aromatic heterocycles. The van der Waals surface area contributed by atoms with Gasteiger partial charge in [0.05, 0.1) is 16.7 Å². The van der Waals surface area contributed by atoms with Gasteiger partial charge in [0, 0.05) is 45.8 Å². The zero-order valence-electron chi connectivity index (χ0n) is 28.1. The van der Waals surface area contributed by atoms with Gasteiger partial charge in [-0.3, -0.25) is 4.98 Å². The lowest BCUT2D eigenvalue weighted by atomic mass is 10.0. The fraction of sp³-hybridized carbons (Fsp3) is 0. The Kier molecular flexibility index (Phi) is 7.07. The summed E-state index contributed by atoms with van der Waals surface area (Å²) in [6.07, 6.45) is 3.65. The number of aromatic nitrogens is 2. The SMILES string of the molecule is c1ccc(Oc2ccc(N(c3ccc(-c4ccncc4)cc3)c3ccc(-c4cccc5c4-n4c6ccccc6c6cccc(c64)O5)cc3)cc2)cc1. The van der Waals surface area contributed by atoms with E-state index in [0.29, 0.717) is 0 Å². The van der Waals surface area contributed by atoms with Crippen LogP contribution in [0.3, 0.4) is 0 Å². The van der Waals surface area contributed by atoms with Crippen LogP contribution in [-0.4, -0.2) is 9.55 Å². The summed E-state index contributed by atoms with van der Waals surface area (Å²) >= 11 is 0. The molecular weight excluding hydrogens is 639 g/mol. The second-order valence-electron chi connectivity index (χ2n) is 12.8. The van der Waals surface area contributed by atoms with Crippen LogP contribution >= 0.6 is 0 Å². The molecule has 0 N–H and O–H groups in total. The van der Waals surface area contributed by atoms with E-state index in [1.165, 1.54) is 16.3 Å². The van der Waals surface area contributed by atoms with Gasteiger partial charge in [-0.15, -0.1) is 0 Å². The molecule has 5 nitrogen and oxygen atoms in total. The lowest BCUT2D eigenvalue weighted by Crippen LogP contribution is -2.10. The molecule has 0 unspecified atom stereocenters. The average Bonchev–Trinajstić information content (AvgIpc) is 3.55. The van der Waals surface area contributed by atoms with Crippen LogP contribution in [0.4, 0.5) is 17.1 Å². The van der Waals surface area contributed by atoms with Crippen LogP contribution in [0.1, 0.15) is 0 Å². The molecule has 0 spiro atoms. The molecule has 0 radical (unpaired) electrons. The summed E-state index contributed by atoms with van der Waals surface area (Å²) in [6.45, 7) is 0. The van der Waals surface area contributed by atoms with E-state index in [1.54, 1.807) is 0 Å². The third-order valence-corrected chi connectivity index (χ3v) is 9.75. The lowest BCUT2D eigenvalue weighted by molar-refractivity contribution is 0.476. The van der Waals surface area contributed by atoms with E-state index in [0.717, 1.165) is 73.5 Å². The Bertz CT molecular complexity index is 2700. The van der Waals surface area contributed by atoms with Gasteiger partial charge < -0.3 is 18.9 Å². The molecule has 1 aliphatic rings. The first kappa shape index (κ1) is 29.8. The van der Waals surface area contributed by atoms with Crippen molar-refractivity contribution in [2.24, 2.45) is 0 Å². The molecule has 52 heavy (non-hydrogen) atoms. The Labute approximate surface area is 301 Å². The molecule has 10 rings (SSSR count). The molecule has 0 saturated heterocycles. The zero-order chi connectivity index (χ0) is 34.4. The quantitative estimate of drug-likeness (QED) is 0.169. The van der Waals surface area contributed by atoms with Crippen LogP contribution in [0.25, 0.3) is 49.7 Å². The molecule has 7 aromatic carbocycles. The number of anilines is 3. The standard InChI is InChI=1S/C47H31N3O2/c1-2-8-38(9-3-1)51-39-26-24-37(25-27-39)49(35-20-16-32(17-21-35)33-28-30-48-31-29-33)36-22-18-34(19-23-36)40-11-6-14-44-46(40)50-43-13-5-4-10-41(43)42-12-7-15-45(52-44)47(42)50/h1-31H. The second-order valence-corrected chi connectivity index (χ2v) is 12.8. The van der Waals surface area contributed by atoms with E-state index >= 15 is 0 Å². The largest absolute Gasteiger partial charge is 0.457 e. The van der Waals surface area contributed by atoms with E-state index in [9.17, 15) is 0 Å². The summed E-state index contributed by atoms with van der Waals surface area (Å²) in [6, 6.07) is 60.9. The van der Waals surface area contributed by atoms with E-state index in [4.69, 9.17) is 9.47 Å². The summed E-state index contributed by atoms with van der Waals surface area (Å²) in [5.41, 5.74) is 10.9. The van der Waals surface area contributed by atoms with Gasteiger partial charge in [0.15, 0.2) is 11.5 Å². The zero-order valence-corrected chi connectivity index (χ0v) is 28.1. The van der Waals surface area contributed by atoms with Crippen LogP contribution < -0.4 is 14.4 Å². The second kappa shape index (κ2) is 12.3. The predicted octanol–water partition coefficient (Wildman–Crippen LogP) is 12.9. The first-order chi connectivity index (χ1) is 25.8. The van der Waals surface area contributed by atoms with Crippen LogP contribution in [0.15, 0.2) is 188 Å². The monoisotopic (exact) mass is 669 g/mol. The van der Waals surface area contributed by atoms with Crippen LogP contribution in [0, 0.1) is 0 Å². The number of fused-ring (bicyclic) bond motifs is 5. The number of pyridine rings is 1. The lowest BCUT2D eigenvalue weighted by Gasteiger charge is -2.27. The molecule has 0 aliphatic carbocycles. The van der Waals surface area contributed by atoms with Gasteiger partial charge in [-0.25, -0.2) is 0 Å². The molecule has 0 atom stereocenters. The van der Waals surface area contributed by atoms with Crippen molar-refractivity contribution in [1.82, 2.24) is 9.55 Å². The highest BCUT2D eigenvalue weighted by Gasteiger charge is 2.26. The van der Waals surface area contributed by atoms with Crippen LogP contribution in [0.2, 0.25) is 0 Å². The van der Waals surface area contributed by atoms with Gasteiger partial charge in [0.2, 0.25) is 0 Å². The average molecular weight is 670 g/mol. The minimum Gasteiger partial charge on any atom is -0.457 e. The number of hydrogen-bond donors (Lipinski definition) is 0. The maximum Gasteiger partial charge on any atom is 0.152 e. The van der Waals surface area contributed by atoms with Crippen molar-refractivity contribution >= 4 is 38.9 Å². The minimum absolute atomic E-state index is 0.780. The molecule has 246 valence electrons. The van der Waals surface area contributed by atoms with Gasteiger partial charge in [-0.1, -0.05) is 84.9 Å². The van der Waals surface area contributed by atoms with Crippen LogP contribution in [0.5, 0.6) is 23.0 Å². The molecule has 9 aromatic rings. The highest BCUT2D eigenvalue weighted by Crippen LogP contribution is 2.48. The van der Waals surface area contributed by atoms with Crippen molar-refractivity contribution < 1.29 is 9.47 Å². The number of nitrogens with zero attached hydrogens (tertiary/aromatic N) is 3. The van der Waals surface area contributed by atoms with Crippen molar-refractivity contribution in [3.63, 3.8) is 0 Å². The molecule has 0 amide bonds. The molecule has 0 bridgehead atoms. The van der Waals surface area contributed by atoms with Crippen molar-refractivity contribution in [3.8, 4) is 50.9 Å². The highest BCUT2D eigenvalue weighted by molar-refractivity contribution is 6.12. The summed E-state index contributed by atoms with van der Waals surface area (Å²) in [4.78, 5) is 6.46. The molecule has 0 saturated carbocycles. The van der Waals surface area contributed by atoms with E-state index < -0.39 is 0 Å². The van der Waals surface area contributed by atoms with Gasteiger partial charge in [-0.2, -0.15) is 0 Å². The highest BCUT2D eigenvalue weighted by atomic mass is 16.5. The van der Waals surface area contributed by atoms with Crippen LogP contribution in [-0.2, 0) is 0 Å². The molecule has 3 heterocycles.